The number of nitrogens with two attached hydrogens (primary N) is 2. The first-order valence-corrected chi connectivity index (χ1v) is 10.8. The molecule has 0 spiro atoms. The number of aromatic hydroxyl groups is 1. The number of aliphatic hydroxyl groups excluding tert-OH is 1. The first-order chi connectivity index (χ1) is 16.6. The van der Waals surface area contributed by atoms with Crippen LogP contribution in [-0.4, -0.2) is 64.2 Å². The second kappa shape index (κ2) is 14.0. The number of aliphatic hydroxyl groups is 1. The van der Waals surface area contributed by atoms with Gasteiger partial charge in [0, 0.05) is 25.8 Å². The Labute approximate surface area is 224 Å². The van der Waals surface area contributed by atoms with E-state index in [0.717, 1.165) is 0 Å². The number of carbonyl (C=O) groups excluding carboxylic acids is 2. The molecule has 9 N–H and O–H groups in total. The van der Waals surface area contributed by atoms with E-state index in [-0.39, 0.29) is 61.9 Å². The zero-order chi connectivity index (χ0) is 25.7. The van der Waals surface area contributed by atoms with E-state index in [1.807, 2.05) is 0 Å². The maximum Gasteiger partial charge on any atom is 0.507 e. The number of nitrogens with one attached hydrogen (secondary N) is 2. The highest BCUT2D eigenvalue weighted by Crippen LogP contribution is 2.29. The summed E-state index contributed by atoms with van der Waals surface area (Å²) < 4.78 is 19.4. The quantitative estimate of drug-likeness (QED) is 0.263. The summed E-state index contributed by atoms with van der Waals surface area (Å²) in [6.07, 6.45) is -5.13. The average Bonchev–Trinajstić information content (AvgIpc) is 2.80. The fourth-order valence-corrected chi connectivity index (χ4v) is 3.75. The molecule has 1 aliphatic rings. The number of benzene rings is 2. The highest BCUT2D eigenvalue weighted by Gasteiger charge is 2.29. The summed E-state index contributed by atoms with van der Waals surface area (Å²) in [5.41, 5.74) is 13.0. The minimum absolute atomic E-state index is 0. The highest BCUT2D eigenvalue weighted by molar-refractivity contribution is 5.90. The van der Waals surface area contributed by atoms with Crippen LogP contribution in [0, 0.1) is 5.82 Å². The van der Waals surface area contributed by atoms with Gasteiger partial charge in [-0.25, -0.2) is 9.18 Å². The molecule has 0 unspecified atom stereocenters. The number of carbonyl (C=O) groups is 3. The normalized spacial score (nSPS) is 20.5. The Morgan fingerprint density at radius 1 is 1.05 bits per heavy atom. The second-order valence-electron chi connectivity index (χ2n) is 8.23. The molecular weight excluding hydrogens is 534 g/mol. The Morgan fingerprint density at radius 3 is 2.30 bits per heavy atom. The number of amides is 2. The van der Waals surface area contributed by atoms with E-state index in [2.05, 4.69) is 10.6 Å². The number of phenolic OH excluding ortho intramolecular Hbond substituents is 1. The van der Waals surface area contributed by atoms with Crippen LogP contribution < -0.4 is 22.1 Å². The molecule has 1 aliphatic heterocycles. The Bertz CT molecular complexity index is 1120. The molecule has 0 aliphatic carbocycles. The third-order valence-electron chi connectivity index (χ3n) is 5.60. The van der Waals surface area contributed by atoms with Gasteiger partial charge in [-0.1, -0.05) is 12.1 Å². The Balaban J connectivity index is 0.00000342. The van der Waals surface area contributed by atoms with Crippen molar-refractivity contribution < 1.29 is 38.8 Å². The van der Waals surface area contributed by atoms with Crippen molar-refractivity contribution in [3.63, 3.8) is 0 Å². The molecule has 2 aromatic carbocycles. The van der Waals surface area contributed by atoms with Crippen LogP contribution in [0.5, 0.6) is 5.75 Å². The van der Waals surface area contributed by atoms with Gasteiger partial charge in [-0.15, -0.1) is 24.8 Å². The van der Waals surface area contributed by atoms with Gasteiger partial charge < -0.3 is 42.2 Å². The molecule has 2 amide bonds. The van der Waals surface area contributed by atoms with E-state index in [0.29, 0.717) is 16.7 Å². The minimum atomic E-state index is -1.71. The smallest absolute Gasteiger partial charge is 0.507 e. The van der Waals surface area contributed by atoms with Crippen molar-refractivity contribution in [1.29, 1.82) is 0 Å². The third kappa shape index (κ3) is 8.44. The highest BCUT2D eigenvalue weighted by atomic mass is 35.5. The van der Waals surface area contributed by atoms with E-state index in [9.17, 15) is 29.0 Å². The summed E-state index contributed by atoms with van der Waals surface area (Å²) >= 11 is 0. The van der Waals surface area contributed by atoms with Crippen molar-refractivity contribution in [2.45, 2.75) is 43.7 Å². The first kappa shape index (κ1) is 31.9. The van der Waals surface area contributed by atoms with Crippen LogP contribution in [0.1, 0.15) is 17.5 Å². The lowest BCUT2D eigenvalue weighted by Gasteiger charge is -2.25. The van der Waals surface area contributed by atoms with Crippen molar-refractivity contribution in [3.05, 3.63) is 53.3 Å². The molecular formula is C23H29Cl2FN4O7. The van der Waals surface area contributed by atoms with Crippen LogP contribution in [0.2, 0.25) is 0 Å². The molecule has 11 nitrogen and oxygen atoms in total. The van der Waals surface area contributed by atoms with Crippen molar-refractivity contribution in [3.8, 4) is 16.9 Å². The number of phenols is 1. The summed E-state index contributed by atoms with van der Waals surface area (Å²) in [6.45, 7) is -0.209. The molecule has 0 radical (unpaired) electrons. The van der Waals surface area contributed by atoms with Crippen LogP contribution in [0.25, 0.3) is 11.1 Å². The zero-order valence-corrected chi connectivity index (χ0v) is 21.1. The Hall–Kier alpha value is -3.16. The standard InChI is InChI=1S/C23H27FN4O7.2ClH/c24-16-3-1-11-5-13(16)8-20(35-23(33)34)28-22(32)18(9-15(29)10-25)27-21(31)17(26)7-14-6-12(11)2-4-19(14)30;;/h1-6,15,17-18,20,29-30H,7-10,25-26H2,(H,27,31)(H,28,32)(H,33,34);2*1H/t15-,17+,18+,20+;;/m1../s1. The van der Waals surface area contributed by atoms with Crippen LogP contribution in [0.3, 0.4) is 0 Å². The van der Waals surface area contributed by atoms with Gasteiger partial charge >= 0.3 is 6.16 Å². The van der Waals surface area contributed by atoms with E-state index in [1.165, 1.54) is 24.3 Å². The Morgan fingerprint density at radius 2 is 1.68 bits per heavy atom. The van der Waals surface area contributed by atoms with E-state index < -0.39 is 48.2 Å². The number of halogens is 3. The average molecular weight is 563 g/mol. The van der Waals surface area contributed by atoms with Crippen LogP contribution in [0.15, 0.2) is 36.4 Å². The van der Waals surface area contributed by atoms with Gasteiger partial charge in [0.2, 0.25) is 11.8 Å². The predicted molar refractivity (Wildman–Crippen MR) is 136 cm³/mol. The zero-order valence-electron chi connectivity index (χ0n) is 19.4. The second-order valence-corrected chi connectivity index (χ2v) is 8.23. The summed E-state index contributed by atoms with van der Waals surface area (Å²) in [5.74, 6) is -2.40. The van der Waals surface area contributed by atoms with Crippen LogP contribution >= 0.6 is 24.8 Å². The largest absolute Gasteiger partial charge is 0.508 e. The number of ether oxygens (including phenoxy) is 1. The van der Waals surface area contributed by atoms with Gasteiger partial charge in [0.15, 0.2) is 6.23 Å². The van der Waals surface area contributed by atoms with Gasteiger partial charge in [-0.2, -0.15) is 0 Å². The molecule has 0 saturated carbocycles. The number of fused-ring (bicyclic) bond motifs is 5. The molecule has 204 valence electrons. The summed E-state index contributed by atoms with van der Waals surface area (Å²) in [4.78, 5) is 36.9. The number of hydrogen-bond acceptors (Lipinski definition) is 8. The molecule has 0 saturated heterocycles. The molecule has 37 heavy (non-hydrogen) atoms. The lowest BCUT2D eigenvalue weighted by molar-refractivity contribution is -0.132. The maximum absolute atomic E-state index is 14.6. The topological polar surface area (TPSA) is 197 Å². The monoisotopic (exact) mass is 562 g/mol. The van der Waals surface area contributed by atoms with Crippen molar-refractivity contribution in [2.24, 2.45) is 11.5 Å². The number of hydrogen-bond donors (Lipinski definition) is 7. The molecule has 4 atom stereocenters. The van der Waals surface area contributed by atoms with Gasteiger partial charge in [-0.3, -0.25) is 9.59 Å². The molecule has 1 heterocycles. The van der Waals surface area contributed by atoms with Crippen LogP contribution in [0.4, 0.5) is 9.18 Å². The fraction of sp³-hybridized carbons (Fsp3) is 0.348. The van der Waals surface area contributed by atoms with Crippen LogP contribution in [-0.2, 0) is 27.2 Å². The minimum Gasteiger partial charge on any atom is -0.508 e. The van der Waals surface area contributed by atoms with Crippen molar-refractivity contribution >= 4 is 42.8 Å². The molecule has 4 bridgehead atoms. The summed E-state index contributed by atoms with van der Waals surface area (Å²) in [6, 6.07) is 6.23. The van der Waals surface area contributed by atoms with E-state index in [4.69, 9.17) is 21.3 Å². The lowest BCUT2D eigenvalue weighted by Crippen LogP contribution is -2.55. The number of carboxylic acid groups (broad SMARTS) is 1. The first-order valence-electron chi connectivity index (χ1n) is 10.8. The molecule has 2 aromatic rings. The summed E-state index contributed by atoms with van der Waals surface area (Å²) in [5, 5.41) is 34.1. The predicted octanol–water partition coefficient (Wildman–Crippen LogP) is 0.799. The van der Waals surface area contributed by atoms with Crippen molar-refractivity contribution in [2.75, 3.05) is 6.54 Å². The SMILES string of the molecule is Cl.Cl.NC[C@H](O)C[C@@H]1NC(=O)[C@@H](N)Cc2cc(ccc2O)-c2ccc(F)c(c2)C[C@H](OC(=O)O)NC1=O. The fourth-order valence-electron chi connectivity index (χ4n) is 3.75. The maximum atomic E-state index is 14.6. The van der Waals surface area contributed by atoms with Gasteiger partial charge in [0.1, 0.15) is 17.6 Å². The molecule has 3 rings (SSSR count). The summed E-state index contributed by atoms with van der Waals surface area (Å²) in [7, 11) is 0. The Kier molecular flexibility index (Phi) is 12.0. The van der Waals surface area contributed by atoms with E-state index in [1.54, 1.807) is 12.1 Å². The van der Waals surface area contributed by atoms with E-state index >= 15 is 0 Å². The van der Waals surface area contributed by atoms with Gasteiger partial charge in [0.25, 0.3) is 0 Å². The van der Waals surface area contributed by atoms with Gasteiger partial charge in [-0.05, 0) is 46.5 Å². The van der Waals surface area contributed by atoms with Crippen molar-refractivity contribution in [1.82, 2.24) is 10.6 Å². The third-order valence-corrected chi connectivity index (χ3v) is 5.60. The lowest BCUT2D eigenvalue weighted by atomic mass is 9.96. The molecule has 14 heteroatoms. The number of rotatable bonds is 4. The molecule has 0 fully saturated rings. The van der Waals surface area contributed by atoms with Gasteiger partial charge in [0.05, 0.1) is 12.1 Å². The molecule has 0 aromatic heterocycles.